The minimum Gasteiger partial charge on any atom is -0.302 e. The first-order valence-corrected chi connectivity index (χ1v) is 8.05. The number of hydrogen-bond donors (Lipinski definition) is 0. The van der Waals surface area contributed by atoms with Crippen LogP contribution in [0.2, 0.25) is 0 Å². The van der Waals surface area contributed by atoms with Crippen molar-refractivity contribution in [1.29, 1.82) is 0 Å². The molecule has 19 heavy (non-hydrogen) atoms. The summed E-state index contributed by atoms with van der Waals surface area (Å²) in [6.45, 7) is 19.9. The Morgan fingerprint density at radius 3 is 1.74 bits per heavy atom. The second-order valence-electron chi connectivity index (χ2n) is 7.18. The van der Waals surface area contributed by atoms with Crippen LogP contribution in [0.4, 0.5) is 0 Å². The third-order valence-electron chi connectivity index (χ3n) is 4.30. The summed E-state index contributed by atoms with van der Waals surface area (Å²) in [5.74, 6) is 0. The van der Waals surface area contributed by atoms with E-state index in [1.165, 1.54) is 71.6 Å². The zero-order valence-corrected chi connectivity index (χ0v) is 13.0. The monoisotopic (exact) mass is 266 g/mol. The van der Waals surface area contributed by atoms with E-state index in [0.717, 1.165) is 6.54 Å². The third kappa shape index (κ3) is 5.80. The Morgan fingerprint density at radius 1 is 0.737 bits per heavy atom. The van der Waals surface area contributed by atoms with Gasteiger partial charge in [0, 0.05) is 45.8 Å². The zero-order chi connectivity index (χ0) is 13.7. The van der Waals surface area contributed by atoms with Crippen LogP contribution in [0.15, 0.2) is 0 Å². The fourth-order valence-electron chi connectivity index (χ4n) is 3.24. The smallest absolute Gasteiger partial charge is 0.0110 e. The highest BCUT2D eigenvalue weighted by Crippen LogP contribution is 2.16. The molecule has 0 aliphatic carbocycles. The molecule has 0 aromatic heterocycles. The molecule has 2 heterocycles. The third-order valence-corrected chi connectivity index (χ3v) is 4.30. The van der Waals surface area contributed by atoms with Crippen LogP contribution in [0.25, 0.3) is 0 Å². The second kappa shape index (κ2) is 7.05. The van der Waals surface area contributed by atoms with Crippen molar-refractivity contribution in [2.45, 2.75) is 33.1 Å². The number of piperazine rings is 1. The predicted octanol–water partition coefficient (Wildman–Crippen LogP) is 1.95. The van der Waals surface area contributed by atoms with Gasteiger partial charge in [-0.25, -0.2) is 0 Å². The van der Waals surface area contributed by atoms with Gasteiger partial charge in [-0.15, -0.1) is 0 Å². The highest BCUT2D eigenvalue weighted by molar-refractivity contribution is 4.80. The van der Waals surface area contributed by atoms with Gasteiger partial charge in [0.05, 0.1) is 0 Å². The molecule has 0 atom stereocenters. The minimum absolute atomic E-state index is 0.190. The van der Waals surface area contributed by atoms with Crippen LogP contribution in [0, 0.1) is 12.3 Å². The molecular weight excluding hydrogens is 234 g/mol. The molecule has 111 valence electrons. The Bertz CT molecular complexity index is 245. The maximum atomic E-state index is 4.22. The SMILES string of the molecule is [CH2]C(C)(C)CN1CCN(CCN2CCCCC2)CC1. The molecule has 3 heteroatoms. The topological polar surface area (TPSA) is 9.72 Å². The summed E-state index contributed by atoms with van der Waals surface area (Å²) in [6, 6.07) is 0. The van der Waals surface area contributed by atoms with E-state index < -0.39 is 0 Å². The van der Waals surface area contributed by atoms with Gasteiger partial charge in [-0.3, -0.25) is 4.90 Å². The number of likely N-dealkylation sites (tertiary alicyclic amines) is 1. The fraction of sp³-hybridized carbons (Fsp3) is 0.938. The van der Waals surface area contributed by atoms with Crippen LogP contribution >= 0.6 is 0 Å². The Kier molecular flexibility index (Phi) is 5.67. The van der Waals surface area contributed by atoms with E-state index >= 15 is 0 Å². The van der Waals surface area contributed by atoms with Crippen molar-refractivity contribution in [2.24, 2.45) is 5.41 Å². The molecule has 2 rings (SSSR count). The van der Waals surface area contributed by atoms with Crippen molar-refractivity contribution in [2.75, 3.05) is 58.9 Å². The molecule has 0 bridgehead atoms. The lowest BCUT2D eigenvalue weighted by Gasteiger charge is -2.38. The molecule has 0 N–H and O–H groups in total. The first-order valence-electron chi connectivity index (χ1n) is 8.05. The lowest BCUT2D eigenvalue weighted by atomic mass is 9.96. The molecule has 0 amide bonds. The summed E-state index contributed by atoms with van der Waals surface area (Å²) in [6.07, 6.45) is 4.26. The van der Waals surface area contributed by atoms with Crippen LogP contribution in [-0.4, -0.2) is 73.6 Å². The van der Waals surface area contributed by atoms with Gasteiger partial charge >= 0.3 is 0 Å². The molecule has 0 aromatic carbocycles. The predicted molar refractivity (Wildman–Crippen MR) is 82.3 cm³/mol. The quantitative estimate of drug-likeness (QED) is 0.753. The molecule has 0 saturated carbocycles. The lowest BCUT2D eigenvalue weighted by Crippen LogP contribution is -2.50. The first kappa shape index (κ1) is 15.3. The summed E-state index contributed by atoms with van der Waals surface area (Å²) >= 11 is 0. The van der Waals surface area contributed by atoms with Crippen molar-refractivity contribution in [3.05, 3.63) is 6.92 Å². The van der Waals surface area contributed by atoms with Crippen LogP contribution in [0.5, 0.6) is 0 Å². The number of piperidine rings is 1. The zero-order valence-electron chi connectivity index (χ0n) is 13.0. The van der Waals surface area contributed by atoms with Gasteiger partial charge in [0.15, 0.2) is 0 Å². The summed E-state index contributed by atoms with van der Waals surface area (Å²) in [4.78, 5) is 7.86. The Balaban J connectivity index is 1.60. The van der Waals surface area contributed by atoms with Gasteiger partial charge in [0.25, 0.3) is 0 Å². The highest BCUT2D eigenvalue weighted by atomic mass is 15.3. The summed E-state index contributed by atoms with van der Waals surface area (Å²) in [5.41, 5.74) is 0.190. The minimum atomic E-state index is 0.190. The van der Waals surface area contributed by atoms with E-state index in [9.17, 15) is 0 Å². The molecule has 2 aliphatic heterocycles. The van der Waals surface area contributed by atoms with Crippen molar-refractivity contribution in [3.8, 4) is 0 Å². The van der Waals surface area contributed by atoms with Crippen LogP contribution in [0.1, 0.15) is 33.1 Å². The molecule has 0 spiro atoms. The molecular formula is C16H32N3. The average molecular weight is 266 g/mol. The molecule has 0 unspecified atom stereocenters. The Morgan fingerprint density at radius 2 is 1.21 bits per heavy atom. The van der Waals surface area contributed by atoms with Crippen LogP contribution in [-0.2, 0) is 0 Å². The van der Waals surface area contributed by atoms with E-state index in [-0.39, 0.29) is 5.41 Å². The van der Waals surface area contributed by atoms with Crippen LogP contribution < -0.4 is 0 Å². The number of rotatable bonds is 5. The number of hydrogen-bond acceptors (Lipinski definition) is 3. The maximum absolute atomic E-state index is 4.22. The van der Waals surface area contributed by atoms with Gasteiger partial charge in [0.1, 0.15) is 0 Å². The van der Waals surface area contributed by atoms with E-state index in [1.807, 2.05) is 0 Å². The van der Waals surface area contributed by atoms with Gasteiger partial charge in [-0.2, -0.15) is 0 Å². The average Bonchev–Trinajstić information content (AvgIpc) is 2.37. The van der Waals surface area contributed by atoms with E-state index in [4.69, 9.17) is 0 Å². The van der Waals surface area contributed by atoms with E-state index in [2.05, 4.69) is 35.5 Å². The summed E-state index contributed by atoms with van der Waals surface area (Å²) < 4.78 is 0. The summed E-state index contributed by atoms with van der Waals surface area (Å²) in [7, 11) is 0. The Hall–Kier alpha value is -0.120. The molecule has 2 fully saturated rings. The summed E-state index contributed by atoms with van der Waals surface area (Å²) in [5, 5.41) is 0. The van der Waals surface area contributed by atoms with Gasteiger partial charge < -0.3 is 9.80 Å². The second-order valence-corrected chi connectivity index (χ2v) is 7.18. The van der Waals surface area contributed by atoms with E-state index in [1.54, 1.807) is 0 Å². The van der Waals surface area contributed by atoms with Crippen molar-refractivity contribution in [1.82, 2.24) is 14.7 Å². The van der Waals surface area contributed by atoms with Crippen LogP contribution in [0.3, 0.4) is 0 Å². The lowest BCUT2D eigenvalue weighted by molar-refractivity contribution is 0.0964. The normalized spacial score (nSPS) is 24.8. The van der Waals surface area contributed by atoms with Gasteiger partial charge in [0.2, 0.25) is 0 Å². The maximum Gasteiger partial charge on any atom is 0.0110 e. The van der Waals surface area contributed by atoms with Crippen molar-refractivity contribution < 1.29 is 0 Å². The fourth-order valence-corrected chi connectivity index (χ4v) is 3.24. The molecule has 2 aliphatic rings. The van der Waals surface area contributed by atoms with Gasteiger partial charge in [-0.05, 0) is 38.3 Å². The molecule has 1 radical (unpaired) electrons. The Labute approximate surface area is 119 Å². The molecule has 2 saturated heterocycles. The molecule has 3 nitrogen and oxygen atoms in total. The van der Waals surface area contributed by atoms with E-state index in [0.29, 0.717) is 0 Å². The first-order chi connectivity index (χ1) is 9.03. The molecule has 0 aromatic rings. The van der Waals surface area contributed by atoms with Crippen molar-refractivity contribution in [3.63, 3.8) is 0 Å². The highest BCUT2D eigenvalue weighted by Gasteiger charge is 2.21. The van der Waals surface area contributed by atoms with Crippen molar-refractivity contribution >= 4 is 0 Å². The standard InChI is InChI=1S/C16H32N3/c1-16(2,3)15-19-13-11-18(12-14-19)10-9-17-7-5-4-6-8-17/h1,4-15H2,2-3H3. The largest absolute Gasteiger partial charge is 0.302 e. The number of nitrogens with zero attached hydrogens (tertiary/aromatic N) is 3. The van der Waals surface area contributed by atoms with Gasteiger partial charge in [-0.1, -0.05) is 20.3 Å².